The molecular formula is C18H20N4OS. The Morgan fingerprint density at radius 2 is 2.04 bits per heavy atom. The summed E-state index contributed by atoms with van der Waals surface area (Å²) in [6, 6.07) is 10.1. The fourth-order valence-electron chi connectivity index (χ4n) is 2.65. The van der Waals surface area contributed by atoms with E-state index in [0.717, 1.165) is 39.8 Å². The number of thiophene rings is 1. The second-order valence-corrected chi connectivity index (χ2v) is 6.94. The van der Waals surface area contributed by atoms with E-state index < -0.39 is 0 Å². The fraction of sp³-hybridized carbons (Fsp3) is 0.333. The van der Waals surface area contributed by atoms with E-state index in [2.05, 4.69) is 32.0 Å². The van der Waals surface area contributed by atoms with Crippen molar-refractivity contribution in [3.63, 3.8) is 0 Å². The van der Waals surface area contributed by atoms with Crippen LogP contribution in [0.1, 0.15) is 18.4 Å². The highest BCUT2D eigenvalue weighted by molar-refractivity contribution is 7.17. The second-order valence-electron chi connectivity index (χ2n) is 6.02. The maximum atomic E-state index is 5.42. The second kappa shape index (κ2) is 6.65. The van der Waals surface area contributed by atoms with Gasteiger partial charge in [-0.1, -0.05) is 18.2 Å². The first-order valence-corrected chi connectivity index (χ1v) is 9.06. The van der Waals surface area contributed by atoms with Gasteiger partial charge in [0.2, 0.25) is 5.95 Å². The third-order valence-electron chi connectivity index (χ3n) is 4.19. The standard InChI is InChI=1S/C18H20N4OS/c1-23-15-5-3-2-4-13(15)11-19-17-16-14(8-9-24-16)21-18(22-17)20-10-12-6-7-12/h2-5,8-9,12H,6-7,10-11H2,1H3,(H2,19,20,21,22). The summed E-state index contributed by atoms with van der Waals surface area (Å²) in [4.78, 5) is 9.29. The zero-order valence-electron chi connectivity index (χ0n) is 13.6. The first kappa shape index (κ1) is 15.2. The number of methoxy groups -OCH3 is 1. The SMILES string of the molecule is COc1ccccc1CNc1nc(NCC2CC2)nc2ccsc12. The molecule has 2 aromatic heterocycles. The highest BCUT2D eigenvalue weighted by atomic mass is 32.1. The van der Waals surface area contributed by atoms with E-state index in [1.807, 2.05) is 24.3 Å². The molecule has 5 nitrogen and oxygen atoms in total. The number of hydrogen-bond acceptors (Lipinski definition) is 6. The third kappa shape index (κ3) is 3.28. The van der Waals surface area contributed by atoms with E-state index in [9.17, 15) is 0 Å². The Kier molecular flexibility index (Phi) is 4.21. The molecule has 1 saturated carbocycles. The van der Waals surface area contributed by atoms with Crippen LogP contribution in [-0.4, -0.2) is 23.6 Å². The number of nitrogens with zero attached hydrogens (tertiary/aromatic N) is 2. The number of para-hydroxylation sites is 1. The van der Waals surface area contributed by atoms with Crippen LogP contribution in [0.4, 0.5) is 11.8 Å². The molecule has 0 amide bonds. The smallest absolute Gasteiger partial charge is 0.225 e. The molecule has 0 bridgehead atoms. The molecule has 0 atom stereocenters. The van der Waals surface area contributed by atoms with E-state index in [-0.39, 0.29) is 0 Å². The van der Waals surface area contributed by atoms with Gasteiger partial charge in [0.1, 0.15) is 11.6 Å². The summed E-state index contributed by atoms with van der Waals surface area (Å²) in [6.45, 7) is 1.62. The summed E-state index contributed by atoms with van der Waals surface area (Å²) in [5.41, 5.74) is 2.09. The van der Waals surface area contributed by atoms with Gasteiger partial charge in [-0.2, -0.15) is 4.98 Å². The van der Waals surface area contributed by atoms with Crippen LogP contribution in [0.3, 0.4) is 0 Å². The molecule has 4 rings (SSSR count). The summed E-state index contributed by atoms with van der Waals surface area (Å²) in [5, 5.41) is 8.87. The monoisotopic (exact) mass is 340 g/mol. The molecule has 24 heavy (non-hydrogen) atoms. The van der Waals surface area contributed by atoms with Crippen molar-refractivity contribution in [1.82, 2.24) is 9.97 Å². The van der Waals surface area contributed by atoms with Crippen LogP contribution in [-0.2, 0) is 6.54 Å². The van der Waals surface area contributed by atoms with E-state index in [4.69, 9.17) is 4.74 Å². The molecular weight excluding hydrogens is 320 g/mol. The van der Waals surface area contributed by atoms with Crippen LogP contribution in [0.5, 0.6) is 5.75 Å². The summed E-state index contributed by atoms with van der Waals surface area (Å²) >= 11 is 1.66. The van der Waals surface area contributed by atoms with Gasteiger partial charge >= 0.3 is 0 Å². The molecule has 2 N–H and O–H groups in total. The van der Waals surface area contributed by atoms with Gasteiger partial charge in [0, 0.05) is 18.7 Å². The highest BCUT2D eigenvalue weighted by Gasteiger charge is 2.21. The molecule has 0 saturated heterocycles. The fourth-order valence-corrected chi connectivity index (χ4v) is 3.44. The minimum absolute atomic E-state index is 0.663. The number of anilines is 2. The van der Waals surface area contributed by atoms with Gasteiger partial charge < -0.3 is 15.4 Å². The predicted octanol–water partition coefficient (Wildman–Crippen LogP) is 4.13. The van der Waals surface area contributed by atoms with Crippen molar-refractivity contribution >= 4 is 33.3 Å². The largest absolute Gasteiger partial charge is 0.496 e. The van der Waals surface area contributed by atoms with E-state index >= 15 is 0 Å². The number of nitrogens with one attached hydrogen (secondary N) is 2. The summed E-state index contributed by atoms with van der Waals surface area (Å²) in [6.07, 6.45) is 2.62. The number of hydrogen-bond donors (Lipinski definition) is 2. The lowest BCUT2D eigenvalue weighted by Gasteiger charge is -2.12. The van der Waals surface area contributed by atoms with Crippen LogP contribution in [0.25, 0.3) is 10.2 Å². The quantitative estimate of drug-likeness (QED) is 0.677. The van der Waals surface area contributed by atoms with Crippen molar-refractivity contribution in [3.05, 3.63) is 41.3 Å². The van der Waals surface area contributed by atoms with Crippen LogP contribution >= 0.6 is 11.3 Å². The summed E-state index contributed by atoms with van der Waals surface area (Å²) in [7, 11) is 1.70. The van der Waals surface area contributed by atoms with Crippen molar-refractivity contribution in [1.29, 1.82) is 0 Å². The van der Waals surface area contributed by atoms with Gasteiger partial charge in [-0.3, -0.25) is 0 Å². The Morgan fingerprint density at radius 3 is 2.88 bits per heavy atom. The molecule has 0 unspecified atom stereocenters. The van der Waals surface area contributed by atoms with Crippen molar-refractivity contribution in [3.8, 4) is 5.75 Å². The average Bonchev–Trinajstić information content (AvgIpc) is 3.33. The van der Waals surface area contributed by atoms with E-state index in [1.54, 1.807) is 18.4 Å². The molecule has 1 fully saturated rings. The lowest BCUT2D eigenvalue weighted by Crippen LogP contribution is -2.09. The summed E-state index contributed by atoms with van der Waals surface area (Å²) in [5.74, 6) is 3.25. The molecule has 1 aliphatic rings. The normalized spacial score (nSPS) is 13.9. The van der Waals surface area contributed by atoms with Crippen molar-refractivity contribution in [2.24, 2.45) is 5.92 Å². The van der Waals surface area contributed by atoms with Gasteiger partial charge in [-0.05, 0) is 36.3 Å². The Bertz CT molecular complexity index is 844. The van der Waals surface area contributed by atoms with Gasteiger partial charge in [0.05, 0.1) is 17.3 Å². The highest BCUT2D eigenvalue weighted by Crippen LogP contribution is 2.31. The van der Waals surface area contributed by atoms with E-state index in [1.165, 1.54) is 12.8 Å². The minimum Gasteiger partial charge on any atom is -0.496 e. The van der Waals surface area contributed by atoms with Crippen molar-refractivity contribution < 1.29 is 4.74 Å². The molecule has 124 valence electrons. The molecule has 1 aromatic carbocycles. The summed E-state index contributed by atoms with van der Waals surface area (Å²) < 4.78 is 6.50. The molecule has 0 radical (unpaired) electrons. The molecule has 0 aliphatic heterocycles. The lowest BCUT2D eigenvalue weighted by molar-refractivity contribution is 0.410. The number of ether oxygens (including phenoxy) is 1. The van der Waals surface area contributed by atoms with Crippen LogP contribution in [0, 0.1) is 5.92 Å². The molecule has 6 heteroatoms. The van der Waals surface area contributed by atoms with Gasteiger partial charge in [0.25, 0.3) is 0 Å². The van der Waals surface area contributed by atoms with E-state index in [0.29, 0.717) is 12.5 Å². The van der Waals surface area contributed by atoms with Crippen LogP contribution in [0.2, 0.25) is 0 Å². The zero-order valence-corrected chi connectivity index (χ0v) is 14.4. The molecule has 2 heterocycles. The van der Waals surface area contributed by atoms with Crippen molar-refractivity contribution in [2.75, 3.05) is 24.3 Å². The Morgan fingerprint density at radius 1 is 1.17 bits per heavy atom. The maximum absolute atomic E-state index is 5.42. The first-order chi connectivity index (χ1) is 11.8. The minimum atomic E-state index is 0.663. The Balaban J connectivity index is 1.56. The van der Waals surface area contributed by atoms with Crippen LogP contribution in [0.15, 0.2) is 35.7 Å². The third-order valence-corrected chi connectivity index (χ3v) is 5.10. The number of benzene rings is 1. The molecule has 1 aliphatic carbocycles. The topological polar surface area (TPSA) is 59.1 Å². The average molecular weight is 340 g/mol. The van der Waals surface area contributed by atoms with Gasteiger partial charge in [-0.15, -0.1) is 11.3 Å². The first-order valence-electron chi connectivity index (χ1n) is 8.18. The number of fused-ring (bicyclic) bond motifs is 1. The zero-order chi connectivity index (χ0) is 16.4. The number of rotatable bonds is 7. The van der Waals surface area contributed by atoms with Crippen molar-refractivity contribution in [2.45, 2.75) is 19.4 Å². The predicted molar refractivity (Wildman–Crippen MR) is 98.9 cm³/mol. The number of aromatic nitrogens is 2. The lowest BCUT2D eigenvalue weighted by atomic mass is 10.2. The Labute approximate surface area is 145 Å². The molecule has 0 spiro atoms. The Hall–Kier alpha value is -2.34. The molecule has 3 aromatic rings. The van der Waals surface area contributed by atoms with Gasteiger partial charge in [-0.25, -0.2) is 4.98 Å². The maximum Gasteiger partial charge on any atom is 0.225 e. The van der Waals surface area contributed by atoms with Crippen LogP contribution < -0.4 is 15.4 Å². The van der Waals surface area contributed by atoms with Gasteiger partial charge in [0.15, 0.2) is 0 Å².